The largest absolute Gasteiger partial charge is 0.460 e. The van der Waals surface area contributed by atoms with Gasteiger partial charge in [-0.3, -0.25) is 4.79 Å². The molecule has 0 saturated carbocycles. The summed E-state index contributed by atoms with van der Waals surface area (Å²) in [5, 5.41) is 2.91. The van der Waals surface area contributed by atoms with Gasteiger partial charge in [0.1, 0.15) is 23.0 Å². The first-order valence-corrected chi connectivity index (χ1v) is 8.31. The zero-order valence-corrected chi connectivity index (χ0v) is 14.6. The number of nitrogens with one attached hydrogen (secondary N) is 1. The predicted octanol–water partition coefficient (Wildman–Crippen LogP) is 4.10. The molecule has 0 bridgehead atoms. The Balaban J connectivity index is 1.86. The first-order valence-electron chi connectivity index (χ1n) is 8.31. The molecule has 3 rings (SSSR count). The van der Waals surface area contributed by atoms with Crippen LogP contribution in [-0.4, -0.2) is 15.9 Å². The zero-order valence-electron chi connectivity index (χ0n) is 14.6. The Kier molecular flexibility index (Phi) is 4.93. The number of aryl methyl sites for hydroxylation is 1. The van der Waals surface area contributed by atoms with E-state index in [-0.39, 0.29) is 11.8 Å². The fourth-order valence-electron chi connectivity index (χ4n) is 2.41. The quantitative estimate of drug-likeness (QED) is 0.762. The van der Waals surface area contributed by atoms with Crippen molar-refractivity contribution in [2.75, 3.05) is 0 Å². The van der Waals surface area contributed by atoms with E-state index in [2.05, 4.69) is 15.3 Å². The highest BCUT2D eigenvalue weighted by Gasteiger charge is 2.16. The number of benzene rings is 1. The predicted molar refractivity (Wildman–Crippen MR) is 96.2 cm³/mol. The molecule has 0 aliphatic heterocycles. The van der Waals surface area contributed by atoms with Crippen LogP contribution in [0.3, 0.4) is 0 Å². The number of hydrogen-bond donors (Lipinski definition) is 1. The first-order chi connectivity index (χ1) is 12.0. The molecule has 0 atom stereocenters. The second kappa shape index (κ2) is 7.30. The van der Waals surface area contributed by atoms with Crippen molar-refractivity contribution in [3.63, 3.8) is 0 Å². The summed E-state index contributed by atoms with van der Waals surface area (Å²) < 4.78 is 5.65. The van der Waals surface area contributed by atoms with Crippen LogP contribution in [-0.2, 0) is 6.54 Å². The Morgan fingerprint density at radius 3 is 2.52 bits per heavy atom. The number of carbonyl (C=O) groups is 1. The van der Waals surface area contributed by atoms with Crippen molar-refractivity contribution in [2.45, 2.75) is 33.2 Å². The fraction of sp³-hybridized carbons (Fsp3) is 0.250. The topological polar surface area (TPSA) is 68.0 Å². The minimum atomic E-state index is -0.224. The van der Waals surface area contributed by atoms with Gasteiger partial charge in [-0.2, -0.15) is 0 Å². The third-order valence-electron chi connectivity index (χ3n) is 3.78. The second-order valence-corrected chi connectivity index (χ2v) is 6.23. The van der Waals surface area contributed by atoms with Crippen molar-refractivity contribution in [1.82, 2.24) is 15.3 Å². The van der Waals surface area contributed by atoms with Gasteiger partial charge < -0.3 is 9.73 Å². The summed E-state index contributed by atoms with van der Waals surface area (Å²) in [6, 6.07) is 15.2. The van der Waals surface area contributed by atoms with Crippen LogP contribution in [0.4, 0.5) is 0 Å². The lowest BCUT2D eigenvalue weighted by atomic mass is 10.1. The summed E-state index contributed by atoms with van der Waals surface area (Å²) in [6.45, 7) is 6.33. The van der Waals surface area contributed by atoms with Crippen molar-refractivity contribution in [1.29, 1.82) is 0 Å². The van der Waals surface area contributed by atoms with E-state index < -0.39 is 0 Å². The van der Waals surface area contributed by atoms with Crippen molar-refractivity contribution < 1.29 is 9.21 Å². The summed E-state index contributed by atoms with van der Waals surface area (Å²) in [7, 11) is 0. The lowest BCUT2D eigenvalue weighted by molar-refractivity contribution is 0.0945. The minimum absolute atomic E-state index is 0.108. The molecule has 5 nitrogen and oxygen atoms in total. The molecule has 5 heteroatoms. The molecule has 1 amide bonds. The molecule has 2 aromatic heterocycles. The van der Waals surface area contributed by atoms with Crippen LogP contribution in [0.25, 0.3) is 11.5 Å². The highest BCUT2D eigenvalue weighted by atomic mass is 16.3. The van der Waals surface area contributed by atoms with Crippen molar-refractivity contribution in [3.05, 3.63) is 71.4 Å². The maximum absolute atomic E-state index is 12.5. The first kappa shape index (κ1) is 16.9. The van der Waals surface area contributed by atoms with Crippen molar-refractivity contribution in [2.24, 2.45) is 0 Å². The van der Waals surface area contributed by atoms with Gasteiger partial charge in [-0.1, -0.05) is 44.2 Å². The van der Waals surface area contributed by atoms with Gasteiger partial charge in [0, 0.05) is 12.5 Å². The van der Waals surface area contributed by atoms with E-state index in [4.69, 9.17) is 4.42 Å². The summed E-state index contributed by atoms with van der Waals surface area (Å²) in [6.07, 6.45) is 0. The van der Waals surface area contributed by atoms with Crippen molar-refractivity contribution >= 4 is 5.91 Å². The highest BCUT2D eigenvalue weighted by Crippen LogP contribution is 2.22. The number of amides is 1. The van der Waals surface area contributed by atoms with Crippen LogP contribution in [0.15, 0.2) is 52.9 Å². The molecule has 0 saturated heterocycles. The molecule has 0 unspecified atom stereocenters. The summed E-state index contributed by atoms with van der Waals surface area (Å²) in [5.41, 5.74) is 2.01. The molecule has 3 aromatic rings. The number of carbonyl (C=O) groups excluding carboxylic acids is 1. The number of aromatic nitrogens is 2. The molecule has 25 heavy (non-hydrogen) atoms. The van der Waals surface area contributed by atoms with E-state index in [0.717, 1.165) is 11.3 Å². The Bertz CT molecular complexity index is 870. The Labute approximate surface area is 147 Å². The monoisotopic (exact) mass is 335 g/mol. The Morgan fingerprint density at radius 1 is 1.12 bits per heavy atom. The van der Waals surface area contributed by atoms with Gasteiger partial charge in [0.2, 0.25) is 0 Å². The normalized spacial score (nSPS) is 10.9. The van der Waals surface area contributed by atoms with Gasteiger partial charge in [-0.15, -0.1) is 0 Å². The average molecular weight is 335 g/mol. The van der Waals surface area contributed by atoms with Gasteiger partial charge in [0.05, 0.1) is 0 Å². The SMILES string of the molecule is Cc1ccc(-c2cc(C(=O)NCc3ccccc3)nc(C(C)C)n2)o1. The van der Waals surface area contributed by atoms with E-state index in [1.54, 1.807) is 6.07 Å². The van der Waals surface area contributed by atoms with Crippen LogP contribution >= 0.6 is 0 Å². The standard InChI is InChI=1S/C20H21N3O2/c1-13(2)19-22-16(18-10-9-14(3)25-18)11-17(23-19)20(24)21-12-15-7-5-4-6-8-15/h4-11,13H,12H2,1-3H3,(H,21,24). The van der Waals surface area contributed by atoms with Crippen LogP contribution in [0.2, 0.25) is 0 Å². The molecule has 0 fully saturated rings. The summed E-state index contributed by atoms with van der Waals surface area (Å²) >= 11 is 0. The average Bonchev–Trinajstić information content (AvgIpc) is 3.06. The van der Waals surface area contributed by atoms with Gasteiger partial charge in [0.15, 0.2) is 5.76 Å². The van der Waals surface area contributed by atoms with E-state index in [1.165, 1.54) is 0 Å². The molecule has 1 aromatic carbocycles. The third-order valence-corrected chi connectivity index (χ3v) is 3.78. The van der Waals surface area contributed by atoms with Gasteiger partial charge in [0.25, 0.3) is 5.91 Å². The van der Waals surface area contributed by atoms with E-state index >= 15 is 0 Å². The lowest BCUT2D eigenvalue weighted by Gasteiger charge is -2.10. The van der Waals surface area contributed by atoms with Crippen LogP contribution in [0.1, 0.15) is 47.4 Å². The lowest BCUT2D eigenvalue weighted by Crippen LogP contribution is -2.24. The van der Waals surface area contributed by atoms with Gasteiger partial charge >= 0.3 is 0 Å². The number of nitrogens with zero attached hydrogens (tertiary/aromatic N) is 2. The molecule has 2 heterocycles. The van der Waals surface area contributed by atoms with Gasteiger partial charge in [-0.25, -0.2) is 9.97 Å². The van der Waals surface area contributed by atoms with E-state index in [1.807, 2.05) is 63.2 Å². The molecule has 128 valence electrons. The highest BCUT2D eigenvalue weighted by molar-refractivity contribution is 5.93. The van der Waals surface area contributed by atoms with Crippen molar-refractivity contribution in [3.8, 4) is 11.5 Å². The number of rotatable bonds is 5. The molecule has 1 N–H and O–H groups in total. The smallest absolute Gasteiger partial charge is 0.270 e. The molecule has 0 aliphatic carbocycles. The van der Waals surface area contributed by atoms with Crippen LogP contribution < -0.4 is 5.32 Å². The fourth-order valence-corrected chi connectivity index (χ4v) is 2.41. The van der Waals surface area contributed by atoms with E-state index in [9.17, 15) is 4.79 Å². The summed E-state index contributed by atoms with van der Waals surface area (Å²) in [5.74, 6) is 1.94. The Hall–Kier alpha value is -2.95. The minimum Gasteiger partial charge on any atom is -0.460 e. The molecule has 0 spiro atoms. The third kappa shape index (κ3) is 4.12. The zero-order chi connectivity index (χ0) is 17.8. The summed E-state index contributed by atoms with van der Waals surface area (Å²) in [4.78, 5) is 21.5. The number of hydrogen-bond acceptors (Lipinski definition) is 4. The number of furan rings is 1. The van der Waals surface area contributed by atoms with Gasteiger partial charge in [-0.05, 0) is 30.7 Å². The molecular formula is C20H21N3O2. The molecule has 0 aliphatic rings. The maximum atomic E-state index is 12.5. The van der Waals surface area contributed by atoms with Crippen LogP contribution in [0, 0.1) is 6.92 Å². The van der Waals surface area contributed by atoms with Crippen LogP contribution in [0.5, 0.6) is 0 Å². The van der Waals surface area contributed by atoms with E-state index in [0.29, 0.717) is 29.5 Å². The maximum Gasteiger partial charge on any atom is 0.270 e. The second-order valence-electron chi connectivity index (χ2n) is 6.23. The molecular weight excluding hydrogens is 314 g/mol. The Morgan fingerprint density at radius 2 is 1.88 bits per heavy atom. The molecule has 0 radical (unpaired) electrons.